The van der Waals surface area contributed by atoms with Crippen molar-refractivity contribution in [3.05, 3.63) is 65.9 Å². The molecule has 3 rings (SSSR count). The molecule has 0 saturated heterocycles. The fourth-order valence-corrected chi connectivity index (χ4v) is 4.41. The fraction of sp³-hybridized carbons (Fsp3) is 0.286. The van der Waals surface area contributed by atoms with E-state index in [1.165, 1.54) is 31.4 Å². The number of aryl methyl sites for hydroxylation is 1. The number of benzene rings is 2. The smallest absolute Gasteiger partial charge is 0.337 e. The summed E-state index contributed by atoms with van der Waals surface area (Å²) in [5.41, 5.74) is 2.45. The summed E-state index contributed by atoms with van der Waals surface area (Å²) in [4.78, 5) is 13.6. The molecule has 154 valence electrons. The predicted octanol–water partition coefficient (Wildman–Crippen LogP) is 2.55. The maximum absolute atomic E-state index is 12.8. The SMILES string of the molecule is COC(=O)c1ccc(S(=O)(=O)NC[C@H](c2cn(C)c3ccccc23)N(C)C)cc1. The van der Waals surface area contributed by atoms with Gasteiger partial charge in [0.2, 0.25) is 10.0 Å². The molecular formula is C21H25N3O4S. The highest BCUT2D eigenvalue weighted by Crippen LogP contribution is 2.28. The van der Waals surface area contributed by atoms with E-state index >= 15 is 0 Å². The van der Waals surface area contributed by atoms with Crippen LogP contribution in [0.4, 0.5) is 0 Å². The molecule has 0 saturated carbocycles. The van der Waals surface area contributed by atoms with Gasteiger partial charge in [0, 0.05) is 36.7 Å². The van der Waals surface area contributed by atoms with E-state index in [4.69, 9.17) is 0 Å². The van der Waals surface area contributed by atoms with Crippen molar-refractivity contribution in [2.75, 3.05) is 27.7 Å². The van der Waals surface area contributed by atoms with Crippen LogP contribution in [0, 0.1) is 0 Å². The van der Waals surface area contributed by atoms with Crippen LogP contribution in [0.3, 0.4) is 0 Å². The second-order valence-corrected chi connectivity index (χ2v) is 8.83. The Labute approximate surface area is 170 Å². The monoisotopic (exact) mass is 415 g/mol. The van der Waals surface area contributed by atoms with Crippen molar-refractivity contribution in [3.8, 4) is 0 Å². The molecule has 0 spiro atoms. The fourth-order valence-electron chi connectivity index (χ4n) is 3.37. The van der Waals surface area contributed by atoms with Crippen molar-refractivity contribution in [3.63, 3.8) is 0 Å². The number of nitrogens with zero attached hydrogens (tertiary/aromatic N) is 2. The van der Waals surface area contributed by atoms with Gasteiger partial charge in [0.1, 0.15) is 0 Å². The molecule has 1 N–H and O–H groups in total. The normalized spacial score (nSPS) is 13.0. The van der Waals surface area contributed by atoms with Crippen LogP contribution < -0.4 is 4.72 Å². The van der Waals surface area contributed by atoms with Gasteiger partial charge in [0.05, 0.1) is 17.6 Å². The van der Waals surface area contributed by atoms with E-state index in [0.29, 0.717) is 5.56 Å². The summed E-state index contributed by atoms with van der Waals surface area (Å²) in [5, 5.41) is 1.09. The van der Waals surface area contributed by atoms with Crippen LogP contribution >= 0.6 is 0 Å². The van der Waals surface area contributed by atoms with E-state index in [1.54, 1.807) is 0 Å². The molecular weight excluding hydrogens is 390 g/mol. The molecule has 0 aliphatic rings. The summed E-state index contributed by atoms with van der Waals surface area (Å²) in [6.45, 7) is 0.210. The Morgan fingerprint density at radius 3 is 2.41 bits per heavy atom. The van der Waals surface area contributed by atoms with Crippen molar-refractivity contribution in [2.45, 2.75) is 10.9 Å². The van der Waals surface area contributed by atoms with E-state index in [-0.39, 0.29) is 17.5 Å². The van der Waals surface area contributed by atoms with Crippen LogP contribution in [-0.2, 0) is 21.8 Å². The highest BCUT2D eigenvalue weighted by Gasteiger charge is 2.23. The first-order valence-corrected chi connectivity index (χ1v) is 10.6. The second kappa shape index (κ2) is 8.36. The zero-order chi connectivity index (χ0) is 21.2. The second-order valence-electron chi connectivity index (χ2n) is 7.06. The largest absolute Gasteiger partial charge is 0.465 e. The average Bonchev–Trinajstić information content (AvgIpc) is 3.04. The molecule has 1 aromatic heterocycles. The maximum Gasteiger partial charge on any atom is 0.337 e. The molecule has 0 fully saturated rings. The van der Waals surface area contributed by atoms with E-state index in [9.17, 15) is 13.2 Å². The number of nitrogens with one attached hydrogen (secondary N) is 1. The van der Waals surface area contributed by atoms with Crippen LogP contribution in [0.5, 0.6) is 0 Å². The number of rotatable bonds is 7. The highest BCUT2D eigenvalue weighted by molar-refractivity contribution is 7.89. The lowest BCUT2D eigenvalue weighted by atomic mass is 10.1. The van der Waals surface area contributed by atoms with Crippen molar-refractivity contribution in [1.29, 1.82) is 0 Å². The maximum atomic E-state index is 12.8. The third kappa shape index (κ3) is 4.34. The van der Waals surface area contributed by atoms with Gasteiger partial charge >= 0.3 is 5.97 Å². The first-order valence-electron chi connectivity index (χ1n) is 9.13. The van der Waals surface area contributed by atoms with E-state index in [2.05, 4.69) is 9.46 Å². The topological polar surface area (TPSA) is 80.6 Å². The van der Waals surface area contributed by atoms with E-state index in [0.717, 1.165) is 16.5 Å². The van der Waals surface area contributed by atoms with Crippen LogP contribution in [0.1, 0.15) is 22.0 Å². The molecule has 0 amide bonds. The minimum atomic E-state index is -3.73. The van der Waals surface area contributed by atoms with Gasteiger partial charge < -0.3 is 14.2 Å². The summed E-state index contributed by atoms with van der Waals surface area (Å²) < 4.78 is 34.9. The molecule has 1 heterocycles. The average molecular weight is 416 g/mol. The van der Waals surface area contributed by atoms with E-state index in [1.807, 2.05) is 61.1 Å². The molecule has 1 atom stereocenters. The summed E-state index contributed by atoms with van der Waals surface area (Å²) in [5.74, 6) is -0.509. The Kier molecular flexibility index (Phi) is 6.07. The number of carbonyl (C=O) groups excluding carboxylic acids is 1. The van der Waals surface area contributed by atoms with Gasteiger partial charge in [-0.2, -0.15) is 0 Å². The Balaban J connectivity index is 1.84. The van der Waals surface area contributed by atoms with Crippen molar-refractivity contribution in [2.24, 2.45) is 7.05 Å². The lowest BCUT2D eigenvalue weighted by Gasteiger charge is -2.24. The van der Waals surface area contributed by atoms with Gasteiger partial charge in [-0.05, 0) is 50.0 Å². The standard InChI is InChI=1S/C21H25N3O4S/c1-23(2)20(18-14-24(3)19-8-6-5-7-17(18)19)13-22-29(26,27)16-11-9-15(10-12-16)21(25)28-4/h5-12,14,20,22H,13H2,1-4H3/t20-/m1/s1. The van der Waals surface area contributed by atoms with Crippen LogP contribution in [0.25, 0.3) is 10.9 Å². The number of ether oxygens (including phenoxy) is 1. The highest BCUT2D eigenvalue weighted by atomic mass is 32.2. The van der Waals surface area contributed by atoms with Crippen molar-refractivity contribution in [1.82, 2.24) is 14.2 Å². The van der Waals surface area contributed by atoms with Crippen molar-refractivity contribution < 1.29 is 17.9 Å². The number of aromatic nitrogens is 1. The minimum absolute atomic E-state index is 0.0978. The summed E-state index contributed by atoms with van der Waals surface area (Å²) in [7, 11) is 3.38. The van der Waals surface area contributed by atoms with Gasteiger partial charge in [0.15, 0.2) is 0 Å². The van der Waals surface area contributed by atoms with Gasteiger partial charge in [0.25, 0.3) is 0 Å². The summed E-state index contributed by atoms with van der Waals surface area (Å²) >= 11 is 0. The number of carbonyl (C=O) groups is 1. The van der Waals surface area contributed by atoms with Gasteiger partial charge in [-0.25, -0.2) is 17.9 Å². The molecule has 0 unspecified atom stereocenters. The quantitative estimate of drug-likeness (QED) is 0.600. The third-order valence-electron chi connectivity index (χ3n) is 4.96. The minimum Gasteiger partial charge on any atom is -0.465 e. The van der Waals surface area contributed by atoms with Crippen LogP contribution in [-0.4, -0.2) is 51.6 Å². The lowest BCUT2D eigenvalue weighted by molar-refractivity contribution is 0.0600. The molecule has 0 radical (unpaired) electrons. The number of para-hydroxylation sites is 1. The summed E-state index contributed by atoms with van der Waals surface area (Å²) in [6.07, 6.45) is 2.04. The number of hydrogen-bond acceptors (Lipinski definition) is 5. The molecule has 0 bridgehead atoms. The van der Waals surface area contributed by atoms with Crippen LogP contribution in [0.2, 0.25) is 0 Å². The molecule has 0 aliphatic heterocycles. The Morgan fingerprint density at radius 1 is 1.14 bits per heavy atom. The Hall–Kier alpha value is -2.68. The Bertz CT molecular complexity index is 1120. The molecule has 7 nitrogen and oxygen atoms in total. The molecule has 2 aromatic carbocycles. The lowest BCUT2D eigenvalue weighted by Crippen LogP contribution is -2.34. The predicted molar refractivity (Wildman–Crippen MR) is 112 cm³/mol. The first kappa shape index (κ1) is 21.0. The number of fused-ring (bicyclic) bond motifs is 1. The van der Waals surface area contributed by atoms with Gasteiger partial charge in [-0.1, -0.05) is 18.2 Å². The van der Waals surface area contributed by atoms with Gasteiger partial charge in [-0.3, -0.25) is 0 Å². The van der Waals surface area contributed by atoms with Gasteiger partial charge in [-0.15, -0.1) is 0 Å². The first-order chi connectivity index (χ1) is 13.7. The number of hydrogen-bond donors (Lipinski definition) is 1. The number of likely N-dealkylation sites (N-methyl/N-ethyl adjacent to an activating group) is 1. The van der Waals surface area contributed by atoms with Crippen LogP contribution in [0.15, 0.2) is 59.6 Å². The number of esters is 1. The molecule has 3 aromatic rings. The zero-order valence-electron chi connectivity index (χ0n) is 16.9. The third-order valence-corrected chi connectivity index (χ3v) is 6.40. The molecule has 8 heteroatoms. The Morgan fingerprint density at radius 2 is 1.79 bits per heavy atom. The molecule has 0 aliphatic carbocycles. The zero-order valence-corrected chi connectivity index (χ0v) is 17.7. The summed E-state index contributed by atoms with van der Waals surface area (Å²) in [6, 6.07) is 13.6. The van der Waals surface area contributed by atoms with E-state index < -0.39 is 16.0 Å². The van der Waals surface area contributed by atoms with Crippen molar-refractivity contribution >= 4 is 26.9 Å². The number of sulfonamides is 1. The number of methoxy groups -OCH3 is 1. The molecule has 29 heavy (non-hydrogen) atoms.